The van der Waals surface area contributed by atoms with Gasteiger partial charge in [0.15, 0.2) is 12.0 Å². The first-order valence-electron chi connectivity index (χ1n) is 5.34. The molecule has 0 radical (unpaired) electrons. The Bertz CT molecular complexity index is 680. The van der Waals surface area contributed by atoms with Crippen LogP contribution in [0.2, 0.25) is 0 Å². The average molecular weight is 249 g/mol. The summed E-state index contributed by atoms with van der Waals surface area (Å²) in [5.74, 6) is -0.646. The van der Waals surface area contributed by atoms with Crippen LogP contribution >= 0.6 is 0 Å². The van der Waals surface area contributed by atoms with Gasteiger partial charge < -0.3 is 13.7 Å². The van der Waals surface area contributed by atoms with E-state index in [2.05, 4.69) is 0 Å². The first-order valence-corrected chi connectivity index (χ1v) is 5.34. The molecule has 2 aromatic heterocycles. The Hall–Kier alpha value is -2.37. The molecular weight excluding hydrogens is 238 g/mol. The van der Waals surface area contributed by atoms with E-state index in [4.69, 9.17) is 9.15 Å². The molecule has 18 heavy (non-hydrogen) atoms. The molecule has 2 aromatic rings. The number of carbonyl (C=O) groups is 2. The van der Waals surface area contributed by atoms with E-state index >= 15 is 0 Å². The summed E-state index contributed by atoms with van der Waals surface area (Å²) >= 11 is 0. The van der Waals surface area contributed by atoms with Gasteiger partial charge in [0.1, 0.15) is 5.56 Å². The SMILES string of the molecule is CCOC(=O)c1cn(C)c2oc(C=O)cc2c1=O. The van der Waals surface area contributed by atoms with Crippen molar-refractivity contribution in [2.75, 3.05) is 6.61 Å². The topological polar surface area (TPSA) is 78.5 Å². The van der Waals surface area contributed by atoms with Gasteiger partial charge in [0.2, 0.25) is 11.1 Å². The molecule has 0 saturated heterocycles. The van der Waals surface area contributed by atoms with Gasteiger partial charge in [0.05, 0.1) is 12.0 Å². The van der Waals surface area contributed by atoms with Gasteiger partial charge in [-0.3, -0.25) is 9.59 Å². The Morgan fingerprint density at radius 2 is 2.28 bits per heavy atom. The molecule has 0 aromatic carbocycles. The first-order chi connectivity index (χ1) is 8.58. The maximum atomic E-state index is 12.0. The molecule has 0 bridgehead atoms. The first kappa shape index (κ1) is 12.1. The van der Waals surface area contributed by atoms with Gasteiger partial charge in [-0.15, -0.1) is 0 Å². The molecule has 0 aliphatic carbocycles. The normalized spacial score (nSPS) is 10.6. The fourth-order valence-electron chi connectivity index (χ4n) is 1.69. The third kappa shape index (κ3) is 1.81. The van der Waals surface area contributed by atoms with Crippen molar-refractivity contribution in [2.24, 2.45) is 7.05 Å². The second-order valence-corrected chi connectivity index (χ2v) is 3.69. The number of furan rings is 1. The number of aromatic nitrogens is 1. The fourth-order valence-corrected chi connectivity index (χ4v) is 1.69. The molecule has 0 saturated carbocycles. The van der Waals surface area contributed by atoms with Crippen LogP contribution in [0.25, 0.3) is 11.1 Å². The van der Waals surface area contributed by atoms with E-state index in [1.165, 1.54) is 16.8 Å². The summed E-state index contributed by atoms with van der Waals surface area (Å²) in [7, 11) is 1.61. The number of hydrogen-bond acceptors (Lipinski definition) is 5. The Kier molecular flexibility index (Phi) is 3.01. The Morgan fingerprint density at radius 1 is 1.56 bits per heavy atom. The number of pyridine rings is 1. The highest BCUT2D eigenvalue weighted by Crippen LogP contribution is 2.15. The van der Waals surface area contributed by atoms with Gasteiger partial charge in [-0.2, -0.15) is 0 Å². The number of rotatable bonds is 3. The summed E-state index contributed by atoms with van der Waals surface area (Å²) in [5.41, 5.74) is -0.335. The van der Waals surface area contributed by atoms with Crippen molar-refractivity contribution in [2.45, 2.75) is 6.92 Å². The number of ether oxygens (including phenoxy) is 1. The minimum Gasteiger partial charge on any atom is -0.462 e. The second-order valence-electron chi connectivity index (χ2n) is 3.69. The average Bonchev–Trinajstić information content (AvgIpc) is 2.79. The molecule has 0 amide bonds. The molecule has 6 nitrogen and oxygen atoms in total. The van der Waals surface area contributed by atoms with Crippen LogP contribution < -0.4 is 5.43 Å². The lowest BCUT2D eigenvalue weighted by Crippen LogP contribution is -2.19. The maximum absolute atomic E-state index is 12.0. The largest absolute Gasteiger partial charge is 0.462 e. The van der Waals surface area contributed by atoms with Gasteiger partial charge in [-0.05, 0) is 6.92 Å². The van der Waals surface area contributed by atoms with Crippen molar-refractivity contribution in [3.8, 4) is 0 Å². The van der Waals surface area contributed by atoms with Crippen molar-refractivity contribution in [3.05, 3.63) is 33.8 Å². The second kappa shape index (κ2) is 4.48. The van der Waals surface area contributed by atoms with Gasteiger partial charge >= 0.3 is 5.97 Å². The van der Waals surface area contributed by atoms with Crippen molar-refractivity contribution >= 4 is 23.4 Å². The highest BCUT2D eigenvalue weighted by atomic mass is 16.5. The van der Waals surface area contributed by atoms with Crippen LogP contribution in [0, 0.1) is 0 Å². The summed E-state index contributed by atoms with van der Waals surface area (Å²) in [4.78, 5) is 34.3. The number of nitrogens with zero attached hydrogens (tertiary/aromatic N) is 1. The monoisotopic (exact) mass is 249 g/mol. The van der Waals surface area contributed by atoms with Crippen LogP contribution in [0.5, 0.6) is 0 Å². The van der Waals surface area contributed by atoms with E-state index in [1.54, 1.807) is 14.0 Å². The zero-order chi connectivity index (χ0) is 13.3. The third-order valence-corrected chi connectivity index (χ3v) is 2.48. The molecule has 0 aliphatic rings. The summed E-state index contributed by atoms with van der Waals surface area (Å²) in [6.45, 7) is 1.84. The summed E-state index contributed by atoms with van der Waals surface area (Å²) in [5, 5.41) is 0.185. The lowest BCUT2D eigenvalue weighted by molar-refractivity contribution is 0.0524. The minimum atomic E-state index is -0.686. The number of fused-ring (bicyclic) bond motifs is 1. The summed E-state index contributed by atoms with van der Waals surface area (Å²) in [6.07, 6.45) is 1.84. The molecule has 0 unspecified atom stereocenters. The van der Waals surface area contributed by atoms with E-state index in [9.17, 15) is 14.4 Å². The van der Waals surface area contributed by atoms with Crippen LogP contribution in [0.15, 0.2) is 21.5 Å². The smallest absolute Gasteiger partial charge is 0.343 e. The molecule has 0 atom stereocenters. The third-order valence-electron chi connectivity index (χ3n) is 2.48. The molecule has 0 spiro atoms. The van der Waals surface area contributed by atoms with Gasteiger partial charge in [0, 0.05) is 19.3 Å². The van der Waals surface area contributed by atoms with Crippen LogP contribution in [0.3, 0.4) is 0 Å². The highest BCUT2D eigenvalue weighted by molar-refractivity contribution is 5.93. The Balaban J connectivity index is 2.71. The van der Waals surface area contributed by atoms with E-state index < -0.39 is 11.4 Å². The fraction of sp³-hybridized carbons (Fsp3) is 0.250. The number of carbonyl (C=O) groups excluding carboxylic acids is 2. The molecular formula is C12H11NO5. The van der Waals surface area contributed by atoms with E-state index in [-0.39, 0.29) is 29.0 Å². The van der Waals surface area contributed by atoms with Crippen molar-refractivity contribution in [1.29, 1.82) is 0 Å². The molecule has 6 heteroatoms. The molecule has 2 rings (SSSR count). The van der Waals surface area contributed by atoms with Crippen molar-refractivity contribution in [3.63, 3.8) is 0 Å². The highest BCUT2D eigenvalue weighted by Gasteiger charge is 2.18. The van der Waals surface area contributed by atoms with Crippen molar-refractivity contribution in [1.82, 2.24) is 4.57 Å². The van der Waals surface area contributed by atoms with E-state index in [0.717, 1.165) is 0 Å². The summed E-state index contributed by atoms with van der Waals surface area (Å²) in [6, 6.07) is 1.31. The van der Waals surface area contributed by atoms with E-state index in [0.29, 0.717) is 6.29 Å². The van der Waals surface area contributed by atoms with Crippen LogP contribution in [-0.4, -0.2) is 23.4 Å². The predicted molar refractivity (Wildman–Crippen MR) is 62.8 cm³/mol. The number of esters is 1. The zero-order valence-electron chi connectivity index (χ0n) is 9.93. The van der Waals surface area contributed by atoms with Crippen LogP contribution in [0.4, 0.5) is 0 Å². The predicted octanol–water partition coefficient (Wildman–Crippen LogP) is 1.12. The molecule has 0 aliphatic heterocycles. The van der Waals surface area contributed by atoms with E-state index in [1.807, 2.05) is 0 Å². The molecule has 0 N–H and O–H groups in total. The number of aryl methyl sites for hydroxylation is 1. The van der Waals surface area contributed by atoms with Gasteiger partial charge in [-0.1, -0.05) is 0 Å². The quantitative estimate of drug-likeness (QED) is 0.601. The zero-order valence-corrected chi connectivity index (χ0v) is 9.93. The lowest BCUT2D eigenvalue weighted by atomic mass is 10.2. The minimum absolute atomic E-state index is 0.0405. The molecule has 0 fully saturated rings. The standard InChI is InChI=1S/C12H11NO5/c1-3-17-12(16)9-5-13(2)11-8(10(9)15)4-7(6-14)18-11/h4-6H,3H2,1-2H3. The molecule has 94 valence electrons. The van der Waals surface area contributed by atoms with Crippen molar-refractivity contribution < 1.29 is 18.7 Å². The number of aldehydes is 1. The van der Waals surface area contributed by atoms with Gasteiger partial charge in [-0.25, -0.2) is 4.79 Å². The molecule has 2 heterocycles. The Morgan fingerprint density at radius 3 is 2.89 bits per heavy atom. The van der Waals surface area contributed by atoms with Crippen LogP contribution in [0.1, 0.15) is 27.8 Å². The van der Waals surface area contributed by atoms with Gasteiger partial charge in [0.25, 0.3) is 0 Å². The number of hydrogen-bond donors (Lipinski definition) is 0. The Labute approximate surface area is 102 Å². The summed E-state index contributed by atoms with van der Waals surface area (Å²) < 4.78 is 11.4. The maximum Gasteiger partial charge on any atom is 0.343 e. The van der Waals surface area contributed by atoms with Crippen LogP contribution in [-0.2, 0) is 11.8 Å². The lowest BCUT2D eigenvalue weighted by Gasteiger charge is -2.04.